The number of benzene rings is 1. The molecule has 1 aliphatic heterocycles. The van der Waals surface area contributed by atoms with E-state index in [4.69, 9.17) is 11.6 Å². The second-order valence-electron chi connectivity index (χ2n) is 6.49. The Hall–Kier alpha value is -1.48. The highest BCUT2D eigenvalue weighted by molar-refractivity contribution is 7.89. The Bertz CT molecular complexity index is 918. The first-order chi connectivity index (χ1) is 12.8. The van der Waals surface area contributed by atoms with Gasteiger partial charge in [0.1, 0.15) is 0 Å². The van der Waals surface area contributed by atoms with Gasteiger partial charge < -0.3 is 5.32 Å². The maximum absolute atomic E-state index is 12.6. The Kier molecular flexibility index (Phi) is 6.20. The van der Waals surface area contributed by atoms with Crippen molar-refractivity contribution in [3.8, 4) is 11.3 Å². The number of nitrogens with one attached hydrogen (secondary N) is 1. The zero-order valence-electron chi connectivity index (χ0n) is 15.2. The molecule has 0 spiro atoms. The topological polar surface area (TPSA) is 79.4 Å². The van der Waals surface area contributed by atoms with Gasteiger partial charge in [0.2, 0.25) is 15.9 Å². The van der Waals surface area contributed by atoms with Crippen LogP contribution < -0.4 is 5.32 Å². The molecule has 0 saturated carbocycles. The van der Waals surface area contributed by atoms with E-state index in [0.717, 1.165) is 16.1 Å². The Labute approximate surface area is 168 Å². The summed E-state index contributed by atoms with van der Waals surface area (Å²) in [6, 6.07) is 7.43. The zero-order valence-corrected chi connectivity index (χ0v) is 17.6. The first-order valence-corrected chi connectivity index (χ1v) is 11.6. The quantitative estimate of drug-likeness (QED) is 0.787. The Morgan fingerprint density at radius 2 is 1.93 bits per heavy atom. The minimum atomic E-state index is -3.18. The van der Waals surface area contributed by atoms with Crippen molar-refractivity contribution >= 4 is 44.0 Å². The number of rotatable bonds is 5. The Morgan fingerprint density at radius 1 is 1.30 bits per heavy atom. The van der Waals surface area contributed by atoms with Gasteiger partial charge in [-0.2, -0.15) is 0 Å². The van der Waals surface area contributed by atoms with Crippen molar-refractivity contribution in [2.45, 2.75) is 26.7 Å². The lowest BCUT2D eigenvalue weighted by molar-refractivity contribution is -0.120. The molecular weight excluding hydrogens is 406 g/mol. The Balaban J connectivity index is 1.64. The van der Waals surface area contributed by atoms with Crippen LogP contribution in [-0.4, -0.2) is 42.5 Å². The van der Waals surface area contributed by atoms with Crippen LogP contribution in [0.1, 0.15) is 24.6 Å². The highest BCUT2D eigenvalue weighted by Gasteiger charge is 2.30. The summed E-state index contributed by atoms with van der Waals surface area (Å²) < 4.78 is 25.3. The highest BCUT2D eigenvalue weighted by atomic mass is 35.5. The van der Waals surface area contributed by atoms with E-state index in [9.17, 15) is 13.2 Å². The van der Waals surface area contributed by atoms with Crippen LogP contribution in [0.3, 0.4) is 0 Å². The van der Waals surface area contributed by atoms with E-state index in [1.165, 1.54) is 15.6 Å². The summed E-state index contributed by atoms with van der Waals surface area (Å²) in [6.07, 6.45) is 1.05. The molecule has 0 atom stereocenters. The first-order valence-electron chi connectivity index (χ1n) is 8.82. The number of anilines is 1. The molecule has 1 N–H and O–H groups in total. The van der Waals surface area contributed by atoms with Crippen LogP contribution in [0.25, 0.3) is 11.3 Å². The van der Waals surface area contributed by atoms with E-state index in [0.29, 0.717) is 36.1 Å². The summed E-state index contributed by atoms with van der Waals surface area (Å²) in [7, 11) is -3.18. The third-order valence-electron chi connectivity index (χ3n) is 4.73. The molecule has 1 amide bonds. The van der Waals surface area contributed by atoms with Crippen LogP contribution in [0.2, 0.25) is 5.02 Å². The molecule has 6 nitrogen and oxygen atoms in total. The molecule has 0 radical (unpaired) electrons. The fourth-order valence-corrected chi connectivity index (χ4v) is 5.21. The fraction of sp³-hybridized carbons (Fsp3) is 0.444. The molecule has 146 valence electrons. The van der Waals surface area contributed by atoms with Gasteiger partial charge in [0.15, 0.2) is 5.13 Å². The van der Waals surface area contributed by atoms with E-state index < -0.39 is 10.0 Å². The fourth-order valence-electron chi connectivity index (χ4n) is 3.11. The van der Waals surface area contributed by atoms with E-state index >= 15 is 0 Å². The monoisotopic (exact) mass is 427 g/mol. The summed E-state index contributed by atoms with van der Waals surface area (Å²) in [5.41, 5.74) is 1.78. The van der Waals surface area contributed by atoms with Crippen LogP contribution in [0.5, 0.6) is 0 Å². The minimum Gasteiger partial charge on any atom is -0.302 e. The van der Waals surface area contributed by atoms with Gasteiger partial charge in [-0.25, -0.2) is 17.7 Å². The molecule has 2 heterocycles. The number of aryl methyl sites for hydroxylation is 1. The van der Waals surface area contributed by atoms with E-state index in [1.807, 2.05) is 31.2 Å². The lowest BCUT2D eigenvalue weighted by Crippen LogP contribution is -2.42. The molecule has 1 aromatic carbocycles. The number of hydrogen-bond acceptors (Lipinski definition) is 5. The molecule has 0 bridgehead atoms. The van der Waals surface area contributed by atoms with Gasteiger partial charge in [-0.3, -0.25) is 4.79 Å². The van der Waals surface area contributed by atoms with E-state index in [1.54, 1.807) is 6.92 Å². The second kappa shape index (κ2) is 8.26. The molecular formula is C18H22ClN3O3S2. The molecule has 27 heavy (non-hydrogen) atoms. The molecule has 1 fully saturated rings. The lowest BCUT2D eigenvalue weighted by Gasteiger charge is -2.30. The van der Waals surface area contributed by atoms with Gasteiger partial charge in [-0.15, -0.1) is 11.3 Å². The van der Waals surface area contributed by atoms with Crippen molar-refractivity contribution in [3.63, 3.8) is 0 Å². The number of piperidine rings is 1. The highest BCUT2D eigenvalue weighted by Crippen LogP contribution is 2.31. The number of amides is 1. The summed E-state index contributed by atoms with van der Waals surface area (Å²) in [4.78, 5) is 18.1. The number of carbonyl (C=O) groups excluding carboxylic acids is 1. The number of carbonyl (C=O) groups is 1. The number of hydrogen-bond donors (Lipinski definition) is 1. The van der Waals surface area contributed by atoms with Gasteiger partial charge in [0.25, 0.3) is 0 Å². The van der Waals surface area contributed by atoms with E-state index in [-0.39, 0.29) is 17.6 Å². The SMILES string of the molecule is CCS(=O)(=O)N1CCC(C(=O)Nc2nc(-c3ccc(Cl)cc3)c(C)s2)CC1. The van der Waals surface area contributed by atoms with Crippen molar-refractivity contribution in [2.75, 3.05) is 24.2 Å². The standard InChI is InChI=1S/C18H22ClN3O3S2/c1-3-27(24,25)22-10-8-14(9-11-22)17(23)21-18-20-16(12(2)26-18)13-4-6-15(19)7-5-13/h4-7,14H,3,8-11H2,1-2H3,(H,20,21,23). The van der Waals surface area contributed by atoms with Gasteiger partial charge in [-0.1, -0.05) is 23.7 Å². The Morgan fingerprint density at radius 3 is 2.52 bits per heavy atom. The van der Waals surface area contributed by atoms with Crippen molar-refractivity contribution in [2.24, 2.45) is 5.92 Å². The molecule has 9 heteroatoms. The smallest absolute Gasteiger partial charge is 0.229 e. The van der Waals surface area contributed by atoms with Crippen LogP contribution in [0.4, 0.5) is 5.13 Å². The van der Waals surface area contributed by atoms with Gasteiger partial charge in [0, 0.05) is 34.5 Å². The van der Waals surface area contributed by atoms with Crippen LogP contribution in [-0.2, 0) is 14.8 Å². The lowest BCUT2D eigenvalue weighted by atomic mass is 9.97. The third kappa shape index (κ3) is 4.68. The number of halogens is 1. The molecule has 1 aliphatic rings. The maximum atomic E-state index is 12.6. The number of sulfonamides is 1. The first kappa shape index (κ1) is 20.3. The largest absolute Gasteiger partial charge is 0.302 e. The zero-order chi connectivity index (χ0) is 19.6. The van der Waals surface area contributed by atoms with Gasteiger partial charge in [-0.05, 0) is 38.8 Å². The molecule has 0 aliphatic carbocycles. The molecule has 1 saturated heterocycles. The molecule has 3 rings (SSSR count). The number of thiazole rings is 1. The van der Waals surface area contributed by atoms with E-state index in [2.05, 4.69) is 10.3 Å². The van der Waals surface area contributed by atoms with Crippen molar-refractivity contribution in [3.05, 3.63) is 34.2 Å². The summed E-state index contributed by atoms with van der Waals surface area (Å²) in [5, 5.41) is 4.12. The predicted octanol–water partition coefficient (Wildman–Crippen LogP) is 3.77. The molecule has 2 aromatic rings. The summed E-state index contributed by atoms with van der Waals surface area (Å²) in [6.45, 7) is 4.38. The van der Waals surface area contributed by atoms with Crippen LogP contribution in [0.15, 0.2) is 24.3 Å². The third-order valence-corrected chi connectivity index (χ3v) is 7.75. The minimum absolute atomic E-state index is 0.0930. The van der Waals surface area contributed by atoms with Gasteiger partial charge >= 0.3 is 0 Å². The average Bonchev–Trinajstić information content (AvgIpc) is 3.02. The van der Waals surface area contributed by atoms with Crippen molar-refractivity contribution in [1.29, 1.82) is 0 Å². The molecule has 0 unspecified atom stereocenters. The second-order valence-corrected chi connectivity index (χ2v) is 10.4. The number of nitrogens with zero attached hydrogens (tertiary/aromatic N) is 2. The predicted molar refractivity (Wildman–Crippen MR) is 110 cm³/mol. The summed E-state index contributed by atoms with van der Waals surface area (Å²) >= 11 is 7.36. The normalized spacial score (nSPS) is 16.4. The summed E-state index contributed by atoms with van der Waals surface area (Å²) in [5.74, 6) is -0.202. The average molecular weight is 428 g/mol. The van der Waals surface area contributed by atoms with Gasteiger partial charge in [0.05, 0.1) is 11.4 Å². The number of aromatic nitrogens is 1. The van der Waals surface area contributed by atoms with Crippen LogP contribution >= 0.6 is 22.9 Å². The van der Waals surface area contributed by atoms with Crippen LogP contribution in [0, 0.1) is 12.8 Å². The van der Waals surface area contributed by atoms with Crippen molar-refractivity contribution in [1.82, 2.24) is 9.29 Å². The molecule has 1 aromatic heterocycles. The van der Waals surface area contributed by atoms with Crippen molar-refractivity contribution < 1.29 is 13.2 Å². The maximum Gasteiger partial charge on any atom is 0.229 e.